The van der Waals surface area contributed by atoms with Crippen molar-refractivity contribution < 1.29 is 20.2 Å². The third kappa shape index (κ3) is 9.84. The van der Waals surface area contributed by atoms with Gasteiger partial charge in [-0.15, -0.1) is 0 Å². The molecular formula is C8H18O4. The van der Waals surface area contributed by atoms with Gasteiger partial charge < -0.3 is 0 Å². The average molecular weight is 178 g/mol. The molecule has 1 N–H and O–H groups in total. The summed E-state index contributed by atoms with van der Waals surface area (Å²) in [5.41, 5.74) is 0. The first kappa shape index (κ1) is 11.8. The van der Waals surface area contributed by atoms with E-state index in [0.717, 1.165) is 12.8 Å². The van der Waals surface area contributed by atoms with E-state index in [4.69, 9.17) is 5.26 Å². The van der Waals surface area contributed by atoms with Crippen LogP contribution < -0.4 is 0 Å². The van der Waals surface area contributed by atoms with Crippen LogP contribution >= 0.6 is 0 Å². The summed E-state index contributed by atoms with van der Waals surface area (Å²) in [5.74, 6) is 0. The third-order valence-corrected chi connectivity index (χ3v) is 1.66. The summed E-state index contributed by atoms with van der Waals surface area (Å²) >= 11 is 0. The van der Waals surface area contributed by atoms with Crippen molar-refractivity contribution in [3.8, 4) is 0 Å². The van der Waals surface area contributed by atoms with E-state index in [9.17, 15) is 0 Å². The summed E-state index contributed by atoms with van der Waals surface area (Å²) in [6, 6.07) is 0. The van der Waals surface area contributed by atoms with Crippen LogP contribution in [0.15, 0.2) is 0 Å². The fourth-order valence-corrected chi connectivity index (χ4v) is 0.997. The van der Waals surface area contributed by atoms with Gasteiger partial charge in [0.05, 0.1) is 6.61 Å². The number of rotatable bonds is 9. The topological polar surface area (TPSA) is 47.9 Å². The van der Waals surface area contributed by atoms with Crippen molar-refractivity contribution in [1.29, 1.82) is 0 Å². The first-order valence-corrected chi connectivity index (χ1v) is 4.51. The summed E-state index contributed by atoms with van der Waals surface area (Å²) < 4.78 is 0. The summed E-state index contributed by atoms with van der Waals surface area (Å²) in [4.78, 5) is 4.42. The lowest BCUT2D eigenvalue weighted by Gasteiger charge is -1.99. The molecule has 74 valence electrons. The average Bonchev–Trinajstić information content (AvgIpc) is 2.10. The van der Waals surface area contributed by atoms with Crippen LogP contribution in [-0.2, 0) is 15.0 Å². The lowest BCUT2D eigenvalue weighted by atomic mass is 10.1. The minimum atomic E-state index is 0.465. The van der Waals surface area contributed by atoms with Crippen LogP contribution in [0.3, 0.4) is 0 Å². The fourth-order valence-electron chi connectivity index (χ4n) is 0.997. The Morgan fingerprint density at radius 2 is 1.67 bits per heavy atom. The van der Waals surface area contributed by atoms with Crippen molar-refractivity contribution in [1.82, 2.24) is 0 Å². The molecule has 0 aliphatic heterocycles. The number of hydrogen-bond acceptors (Lipinski definition) is 4. The van der Waals surface area contributed by atoms with E-state index in [1.54, 1.807) is 0 Å². The molecule has 0 saturated heterocycles. The van der Waals surface area contributed by atoms with Crippen LogP contribution in [0.25, 0.3) is 0 Å². The molecule has 4 heteroatoms. The van der Waals surface area contributed by atoms with Crippen LogP contribution in [0.4, 0.5) is 0 Å². The Kier molecular flexibility index (Phi) is 10.7. The van der Waals surface area contributed by atoms with Crippen molar-refractivity contribution in [2.75, 3.05) is 6.61 Å². The zero-order valence-electron chi connectivity index (χ0n) is 7.62. The molecule has 0 aromatic carbocycles. The molecule has 4 nitrogen and oxygen atoms in total. The van der Waals surface area contributed by atoms with Gasteiger partial charge in [0.1, 0.15) is 0 Å². The van der Waals surface area contributed by atoms with Crippen molar-refractivity contribution in [3.63, 3.8) is 0 Å². The van der Waals surface area contributed by atoms with E-state index in [1.165, 1.54) is 25.7 Å². The Hall–Kier alpha value is -0.160. The second-order valence-corrected chi connectivity index (χ2v) is 2.73. The molecule has 12 heavy (non-hydrogen) atoms. The maximum atomic E-state index is 7.69. The van der Waals surface area contributed by atoms with E-state index in [-0.39, 0.29) is 0 Å². The van der Waals surface area contributed by atoms with E-state index in [1.807, 2.05) is 0 Å². The minimum absolute atomic E-state index is 0.465. The van der Waals surface area contributed by atoms with Gasteiger partial charge in [0, 0.05) is 0 Å². The highest BCUT2D eigenvalue weighted by Crippen LogP contribution is 2.04. The molecule has 0 bridgehead atoms. The molecule has 0 aliphatic carbocycles. The summed E-state index contributed by atoms with van der Waals surface area (Å²) in [7, 11) is 0. The lowest BCUT2D eigenvalue weighted by molar-refractivity contribution is -0.623. The van der Waals surface area contributed by atoms with Gasteiger partial charge in [-0.25, -0.2) is 10.1 Å². The summed E-state index contributed by atoms with van der Waals surface area (Å²) in [6.45, 7) is 2.65. The molecule has 0 aliphatic rings. The van der Waals surface area contributed by atoms with Crippen LogP contribution in [0, 0.1) is 0 Å². The molecule has 0 amide bonds. The Bertz CT molecular complexity index is 67.5. The lowest BCUT2D eigenvalue weighted by Crippen LogP contribution is -1.95. The maximum absolute atomic E-state index is 7.69. The molecule has 0 spiro atoms. The Balaban J connectivity index is 2.73. The zero-order chi connectivity index (χ0) is 9.07. The number of unbranched alkanes of at least 4 members (excludes halogenated alkanes) is 5. The highest BCUT2D eigenvalue weighted by atomic mass is 17.6. The van der Waals surface area contributed by atoms with Crippen molar-refractivity contribution in [3.05, 3.63) is 0 Å². The molecular weight excluding hydrogens is 160 g/mol. The Morgan fingerprint density at radius 3 is 2.33 bits per heavy atom. The second kappa shape index (κ2) is 10.8. The highest BCUT2D eigenvalue weighted by molar-refractivity contribution is 4.41. The van der Waals surface area contributed by atoms with Gasteiger partial charge in [0.15, 0.2) is 0 Å². The van der Waals surface area contributed by atoms with Gasteiger partial charge in [0.25, 0.3) is 0 Å². The molecule has 0 rings (SSSR count). The molecule has 0 heterocycles. The van der Waals surface area contributed by atoms with Crippen LogP contribution in [0.1, 0.15) is 45.4 Å². The zero-order valence-corrected chi connectivity index (χ0v) is 7.62. The largest absolute Gasteiger partial charge is 0.219 e. The van der Waals surface area contributed by atoms with E-state index >= 15 is 0 Å². The van der Waals surface area contributed by atoms with Gasteiger partial charge in [-0.1, -0.05) is 39.0 Å². The van der Waals surface area contributed by atoms with Crippen molar-refractivity contribution >= 4 is 0 Å². The minimum Gasteiger partial charge on any atom is -0.219 e. The van der Waals surface area contributed by atoms with Gasteiger partial charge in [-0.3, -0.25) is 0 Å². The van der Waals surface area contributed by atoms with Gasteiger partial charge in [-0.05, 0) is 16.5 Å². The third-order valence-electron chi connectivity index (χ3n) is 1.66. The number of hydrogen-bond donors (Lipinski definition) is 1. The Morgan fingerprint density at radius 1 is 1.00 bits per heavy atom. The Labute approximate surface area is 73.2 Å². The smallest absolute Gasteiger partial charge is 0.0854 e. The molecule has 0 fully saturated rings. The van der Waals surface area contributed by atoms with Crippen molar-refractivity contribution in [2.45, 2.75) is 45.4 Å². The van der Waals surface area contributed by atoms with Gasteiger partial charge in [-0.2, -0.15) is 0 Å². The van der Waals surface area contributed by atoms with E-state index < -0.39 is 0 Å². The first-order chi connectivity index (χ1) is 5.91. The predicted octanol–water partition coefficient (Wildman–Crippen LogP) is 2.70. The van der Waals surface area contributed by atoms with E-state index in [2.05, 4.69) is 21.9 Å². The second-order valence-electron chi connectivity index (χ2n) is 2.73. The van der Waals surface area contributed by atoms with Crippen molar-refractivity contribution in [2.24, 2.45) is 0 Å². The van der Waals surface area contributed by atoms with Gasteiger partial charge >= 0.3 is 0 Å². The monoisotopic (exact) mass is 178 g/mol. The molecule has 0 atom stereocenters. The van der Waals surface area contributed by atoms with Crippen LogP contribution in [0.2, 0.25) is 0 Å². The molecule has 0 aromatic rings. The summed E-state index contributed by atoms with van der Waals surface area (Å²) in [5, 5.41) is 14.8. The van der Waals surface area contributed by atoms with Gasteiger partial charge in [0.2, 0.25) is 0 Å². The SMILES string of the molecule is CCCCCCCCOOOO. The predicted molar refractivity (Wildman–Crippen MR) is 44.1 cm³/mol. The molecule has 0 saturated carbocycles. The molecule has 0 aromatic heterocycles. The normalized spacial score (nSPS) is 10.5. The van der Waals surface area contributed by atoms with Crippen LogP contribution in [-0.4, -0.2) is 11.9 Å². The van der Waals surface area contributed by atoms with E-state index in [0.29, 0.717) is 6.61 Å². The maximum Gasteiger partial charge on any atom is 0.0854 e. The highest BCUT2D eigenvalue weighted by Gasteiger charge is 1.91. The first-order valence-electron chi connectivity index (χ1n) is 4.51. The fraction of sp³-hybridized carbons (Fsp3) is 1.00. The molecule has 0 unspecified atom stereocenters. The standard InChI is InChI=1S/C8H18O4/c1-2-3-4-5-6-7-8-10-12-11-9/h9H,2-8H2,1H3. The quantitative estimate of drug-likeness (QED) is 0.335. The van der Waals surface area contributed by atoms with Crippen LogP contribution in [0.5, 0.6) is 0 Å². The summed E-state index contributed by atoms with van der Waals surface area (Å²) in [6.07, 6.45) is 7.15. The molecule has 0 radical (unpaired) electrons.